The molecule has 0 saturated carbocycles. The van der Waals surface area contributed by atoms with Crippen LogP contribution in [-0.2, 0) is 6.54 Å². The van der Waals surface area contributed by atoms with Gasteiger partial charge in [0, 0.05) is 25.5 Å². The molecule has 80 valence electrons. The van der Waals surface area contributed by atoms with Crippen molar-refractivity contribution in [2.45, 2.75) is 20.4 Å². The number of H-pyrrole nitrogens is 1. The Morgan fingerprint density at radius 2 is 2.21 bits per heavy atom. The van der Waals surface area contributed by atoms with Crippen molar-refractivity contribution < 1.29 is 0 Å². The first kappa shape index (κ1) is 11.3. The van der Waals surface area contributed by atoms with Crippen LogP contribution in [-0.4, -0.2) is 30.0 Å². The molecule has 0 aromatic carbocycles. The van der Waals surface area contributed by atoms with E-state index in [4.69, 9.17) is 5.73 Å². The van der Waals surface area contributed by atoms with Gasteiger partial charge in [0.1, 0.15) is 0 Å². The molecular formula is C11H21N3. The van der Waals surface area contributed by atoms with Gasteiger partial charge in [-0.2, -0.15) is 0 Å². The van der Waals surface area contributed by atoms with Crippen LogP contribution < -0.4 is 5.73 Å². The maximum Gasteiger partial charge on any atom is 0.0245 e. The van der Waals surface area contributed by atoms with Crippen LogP contribution in [0.5, 0.6) is 0 Å². The van der Waals surface area contributed by atoms with Gasteiger partial charge in [-0.05, 0) is 30.6 Å². The lowest BCUT2D eigenvalue weighted by Crippen LogP contribution is -2.36. The molecule has 0 amide bonds. The molecular weight excluding hydrogens is 174 g/mol. The molecule has 3 nitrogen and oxygen atoms in total. The number of aromatic amines is 1. The van der Waals surface area contributed by atoms with Crippen LogP contribution in [0.4, 0.5) is 0 Å². The molecule has 0 fully saturated rings. The second kappa shape index (κ2) is 4.62. The van der Waals surface area contributed by atoms with Crippen LogP contribution >= 0.6 is 0 Å². The molecule has 3 heteroatoms. The molecule has 0 spiro atoms. The lowest BCUT2D eigenvalue weighted by atomic mass is 9.93. The van der Waals surface area contributed by atoms with Gasteiger partial charge in [-0.1, -0.05) is 13.8 Å². The Hall–Kier alpha value is -0.800. The summed E-state index contributed by atoms with van der Waals surface area (Å²) in [4.78, 5) is 5.36. The molecule has 0 aliphatic heterocycles. The minimum atomic E-state index is 0.199. The summed E-state index contributed by atoms with van der Waals surface area (Å²) in [6, 6.07) is 2.10. The molecule has 1 aromatic heterocycles. The van der Waals surface area contributed by atoms with Crippen molar-refractivity contribution in [1.29, 1.82) is 0 Å². The average Bonchev–Trinajstić information content (AvgIpc) is 2.55. The van der Waals surface area contributed by atoms with Gasteiger partial charge in [0.2, 0.25) is 0 Å². The molecule has 1 heterocycles. The van der Waals surface area contributed by atoms with Crippen molar-refractivity contribution in [3.63, 3.8) is 0 Å². The fourth-order valence-corrected chi connectivity index (χ4v) is 1.62. The van der Waals surface area contributed by atoms with Gasteiger partial charge in [-0.15, -0.1) is 0 Å². The van der Waals surface area contributed by atoms with Gasteiger partial charge >= 0.3 is 0 Å². The van der Waals surface area contributed by atoms with Crippen molar-refractivity contribution in [3.05, 3.63) is 24.0 Å². The first-order valence-corrected chi connectivity index (χ1v) is 5.04. The number of nitrogens with two attached hydrogens (primary N) is 1. The zero-order valence-corrected chi connectivity index (χ0v) is 9.38. The summed E-state index contributed by atoms with van der Waals surface area (Å²) in [6.07, 6.45) is 3.99. The summed E-state index contributed by atoms with van der Waals surface area (Å²) in [5, 5.41) is 0. The van der Waals surface area contributed by atoms with Crippen LogP contribution in [0.1, 0.15) is 19.4 Å². The van der Waals surface area contributed by atoms with Crippen molar-refractivity contribution in [3.8, 4) is 0 Å². The molecule has 0 unspecified atom stereocenters. The largest absolute Gasteiger partial charge is 0.367 e. The smallest absolute Gasteiger partial charge is 0.0245 e. The predicted molar refractivity (Wildman–Crippen MR) is 60.0 cm³/mol. The van der Waals surface area contributed by atoms with E-state index in [0.717, 1.165) is 19.6 Å². The summed E-state index contributed by atoms with van der Waals surface area (Å²) in [5.41, 5.74) is 7.21. The van der Waals surface area contributed by atoms with E-state index in [2.05, 4.69) is 36.8 Å². The van der Waals surface area contributed by atoms with E-state index in [9.17, 15) is 0 Å². The molecule has 0 saturated heterocycles. The third-order valence-corrected chi connectivity index (χ3v) is 2.37. The fraction of sp³-hybridized carbons (Fsp3) is 0.636. The first-order valence-electron chi connectivity index (χ1n) is 5.04. The van der Waals surface area contributed by atoms with E-state index in [-0.39, 0.29) is 5.41 Å². The summed E-state index contributed by atoms with van der Waals surface area (Å²) in [7, 11) is 2.13. The Labute approximate surface area is 86.3 Å². The summed E-state index contributed by atoms with van der Waals surface area (Å²) < 4.78 is 0. The van der Waals surface area contributed by atoms with Crippen LogP contribution in [0.15, 0.2) is 18.5 Å². The molecule has 0 aliphatic rings. The van der Waals surface area contributed by atoms with Crippen LogP contribution in [0.25, 0.3) is 0 Å². The maximum atomic E-state index is 5.70. The first-order chi connectivity index (χ1) is 6.53. The number of hydrogen-bond donors (Lipinski definition) is 2. The van der Waals surface area contributed by atoms with Gasteiger partial charge in [0.25, 0.3) is 0 Å². The summed E-state index contributed by atoms with van der Waals surface area (Å²) in [6.45, 7) is 7.12. The SMILES string of the molecule is CN(Cc1cc[nH]c1)CC(C)(C)CN. The van der Waals surface area contributed by atoms with Gasteiger partial charge < -0.3 is 15.6 Å². The fourth-order valence-electron chi connectivity index (χ4n) is 1.62. The third-order valence-electron chi connectivity index (χ3n) is 2.37. The normalized spacial score (nSPS) is 12.4. The van der Waals surface area contributed by atoms with Crippen LogP contribution in [0.2, 0.25) is 0 Å². The number of nitrogens with zero attached hydrogens (tertiary/aromatic N) is 1. The van der Waals surface area contributed by atoms with Crippen LogP contribution in [0.3, 0.4) is 0 Å². The highest BCUT2D eigenvalue weighted by Crippen LogP contribution is 2.15. The van der Waals surface area contributed by atoms with Crippen molar-refractivity contribution >= 4 is 0 Å². The predicted octanol–water partition coefficient (Wildman–Crippen LogP) is 1.43. The third kappa shape index (κ3) is 3.52. The van der Waals surface area contributed by atoms with E-state index < -0.39 is 0 Å². The highest BCUT2D eigenvalue weighted by molar-refractivity contribution is 5.07. The van der Waals surface area contributed by atoms with Gasteiger partial charge in [0.15, 0.2) is 0 Å². The second-order valence-corrected chi connectivity index (χ2v) is 4.76. The highest BCUT2D eigenvalue weighted by atomic mass is 15.1. The second-order valence-electron chi connectivity index (χ2n) is 4.76. The van der Waals surface area contributed by atoms with Crippen LogP contribution in [0, 0.1) is 5.41 Å². The van der Waals surface area contributed by atoms with Gasteiger partial charge in [-0.25, -0.2) is 0 Å². The zero-order chi connectivity index (χ0) is 10.6. The van der Waals surface area contributed by atoms with Crippen molar-refractivity contribution in [1.82, 2.24) is 9.88 Å². The maximum absolute atomic E-state index is 5.70. The lowest BCUT2D eigenvalue weighted by molar-refractivity contribution is 0.210. The van der Waals surface area contributed by atoms with E-state index in [0.29, 0.717) is 0 Å². The lowest BCUT2D eigenvalue weighted by Gasteiger charge is -2.28. The number of nitrogens with one attached hydrogen (secondary N) is 1. The molecule has 0 radical (unpaired) electrons. The number of rotatable bonds is 5. The highest BCUT2D eigenvalue weighted by Gasteiger charge is 2.17. The molecule has 1 rings (SSSR count). The molecule has 0 bridgehead atoms. The van der Waals surface area contributed by atoms with E-state index in [1.165, 1.54) is 5.56 Å². The average molecular weight is 195 g/mol. The van der Waals surface area contributed by atoms with E-state index in [1.54, 1.807) is 0 Å². The Bertz CT molecular complexity index is 252. The zero-order valence-electron chi connectivity index (χ0n) is 9.38. The Balaban J connectivity index is 2.40. The quantitative estimate of drug-likeness (QED) is 0.746. The standard InChI is InChI=1S/C11H21N3/c1-11(2,8-12)9-14(3)7-10-4-5-13-6-10/h4-6,13H,7-9,12H2,1-3H3. The Kier molecular flexibility index (Phi) is 3.72. The van der Waals surface area contributed by atoms with E-state index >= 15 is 0 Å². The summed E-state index contributed by atoms with van der Waals surface area (Å²) >= 11 is 0. The van der Waals surface area contributed by atoms with Crippen molar-refractivity contribution in [2.75, 3.05) is 20.1 Å². The number of hydrogen-bond acceptors (Lipinski definition) is 2. The molecule has 0 aliphatic carbocycles. The monoisotopic (exact) mass is 195 g/mol. The van der Waals surface area contributed by atoms with Gasteiger partial charge in [0.05, 0.1) is 0 Å². The molecule has 14 heavy (non-hydrogen) atoms. The Morgan fingerprint density at radius 1 is 1.50 bits per heavy atom. The summed E-state index contributed by atoms with van der Waals surface area (Å²) in [5.74, 6) is 0. The van der Waals surface area contributed by atoms with Gasteiger partial charge in [-0.3, -0.25) is 0 Å². The molecule has 3 N–H and O–H groups in total. The Morgan fingerprint density at radius 3 is 2.71 bits per heavy atom. The number of aromatic nitrogens is 1. The topological polar surface area (TPSA) is 45.0 Å². The molecule has 0 atom stereocenters. The minimum absolute atomic E-state index is 0.199. The molecule has 1 aromatic rings. The van der Waals surface area contributed by atoms with Crippen molar-refractivity contribution in [2.24, 2.45) is 11.1 Å². The minimum Gasteiger partial charge on any atom is -0.367 e. The van der Waals surface area contributed by atoms with E-state index in [1.807, 2.05) is 12.4 Å².